The van der Waals surface area contributed by atoms with Gasteiger partial charge in [-0.25, -0.2) is 4.98 Å². The number of rotatable bonds is 16. The first-order valence-electron chi connectivity index (χ1n) is 18.7. The van der Waals surface area contributed by atoms with E-state index in [0.717, 1.165) is 115 Å². The lowest BCUT2D eigenvalue weighted by molar-refractivity contribution is -0.112. The highest BCUT2D eigenvalue weighted by atomic mass is 32.2. The smallest absolute Gasteiger partial charge is 0.251 e. The number of aromatic nitrogens is 2. The van der Waals surface area contributed by atoms with E-state index < -0.39 is 11.2 Å². The molecule has 1 saturated heterocycles. The maximum atomic E-state index is 13.8. The third-order valence-corrected chi connectivity index (χ3v) is 11.2. The molecular weight excluding hydrogens is 673 g/mol. The highest BCUT2D eigenvalue weighted by molar-refractivity contribution is 7.90. The lowest BCUT2D eigenvalue weighted by Crippen LogP contribution is -2.32. The van der Waals surface area contributed by atoms with Gasteiger partial charge >= 0.3 is 0 Å². The molecule has 276 valence electrons. The molecule has 2 aliphatic heterocycles. The zero-order valence-electron chi connectivity index (χ0n) is 30.8. The van der Waals surface area contributed by atoms with Crippen molar-refractivity contribution in [1.29, 1.82) is 0 Å². The first kappa shape index (κ1) is 37.7. The number of unbranched alkanes of at least 4 members (excludes halogenated alkanes) is 1. The first-order valence-corrected chi connectivity index (χ1v) is 20.0. The summed E-state index contributed by atoms with van der Waals surface area (Å²) >= 11 is -1.23. The third-order valence-electron chi connectivity index (χ3n) is 9.83. The normalized spacial score (nSPS) is 17.5. The van der Waals surface area contributed by atoms with Gasteiger partial charge in [0.05, 0.1) is 30.9 Å². The summed E-state index contributed by atoms with van der Waals surface area (Å²) in [6.07, 6.45) is 8.64. The number of nitrogens with zero attached hydrogens (tertiary/aromatic N) is 3. The Labute approximate surface area is 311 Å². The summed E-state index contributed by atoms with van der Waals surface area (Å²) in [5.41, 5.74) is 7.62. The van der Waals surface area contributed by atoms with E-state index in [-0.39, 0.29) is 5.91 Å². The van der Waals surface area contributed by atoms with Crippen LogP contribution in [0.4, 0.5) is 11.4 Å². The number of anilines is 2. The molecule has 52 heavy (non-hydrogen) atoms. The number of carbonyl (C=O) groups is 1. The Bertz CT molecular complexity index is 1780. The van der Waals surface area contributed by atoms with Gasteiger partial charge in [-0.05, 0) is 122 Å². The van der Waals surface area contributed by atoms with Crippen molar-refractivity contribution in [2.24, 2.45) is 5.92 Å². The fourth-order valence-electron chi connectivity index (χ4n) is 6.77. The topological polar surface area (TPSA) is 101 Å². The van der Waals surface area contributed by atoms with Gasteiger partial charge in [-0.2, -0.15) is 0 Å². The highest BCUT2D eigenvalue weighted by Crippen LogP contribution is 2.34. The van der Waals surface area contributed by atoms with E-state index in [9.17, 15) is 9.35 Å². The number of fused-ring (bicyclic) bond motifs is 1. The van der Waals surface area contributed by atoms with E-state index in [1.54, 1.807) is 6.33 Å². The fourth-order valence-corrected chi connectivity index (χ4v) is 8.00. The van der Waals surface area contributed by atoms with Crippen LogP contribution in [0.5, 0.6) is 5.75 Å². The average molecular weight is 725 g/mol. The SMILES string of the molecule is CCCCOCCOc1ccc(-c2ccc3c(c2)/C=C(/C(=O)Nc2ccc([S+]([O-])Cc4c(C)ncn4CC)cc2)CCCN3C[C@@H]2CCOC2)cc1. The van der Waals surface area contributed by atoms with Crippen LogP contribution in [0.3, 0.4) is 0 Å². The van der Waals surface area contributed by atoms with Gasteiger partial charge in [0.25, 0.3) is 5.91 Å². The molecule has 6 rings (SSSR count). The van der Waals surface area contributed by atoms with Gasteiger partial charge in [0.1, 0.15) is 12.4 Å². The van der Waals surface area contributed by atoms with Crippen molar-refractivity contribution in [3.63, 3.8) is 0 Å². The van der Waals surface area contributed by atoms with E-state index in [2.05, 4.69) is 65.5 Å². The summed E-state index contributed by atoms with van der Waals surface area (Å²) < 4.78 is 32.5. The van der Waals surface area contributed by atoms with Crippen molar-refractivity contribution < 1.29 is 23.6 Å². The maximum Gasteiger partial charge on any atom is 0.251 e. The van der Waals surface area contributed by atoms with Gasteiger partial charge in [0.2, 0.25) is 0 Å². The Morgan fingerprint density at radius 2 is 1.85 bits per heavy atom. The summed E-state index contributed by atoms with van der Waals surface area (Å²) in [6.45, 7) is 12.2. The van der Waals surface area contributed by atoms with Crippen LogP contribution in [0.15, 0.2) is 83.5 Å². The second-order valence-electron chi connectivity index (χ2n) is 13.6. The molecule has 10 heteroatoms. The Balaban J connectivity index is 1.17. The first-order chi connectivity index (χ1) is 25.4. The summed E-state index contributed by atoms with van der Waals surface area (Å²) in [6, 6.07) is 22.1. The monoisotopic (exact) mass is 724 g/mol. The van der Waals surface area contributed by atoms with E-state index in [4.69, 9.17) is 14.2 Å². The molecule has 0 saturated carbocycles. The maximum absolute atomic E-state index is 13.8. The molecule has 3 aromatic carbocycles. The minimum absolute atomic E-state index is 0.120. The van der Waals surface area contributed by atoms with Crippen LogP contribution >= 0.6 is 0 Å². The van der Waals surface area contributed by atoms with Gasteiger partial charge in [-0.1, -0.05) is 31.5 Å². The lowest BCUT2D eigenvalue weighted by atomic mass is 9.95. The molecule has 2 atom stereocenters. The zero-order valence-corrected chi connectivity index (χ0v) is 31.6. The molecule has 4 aromatic rings. The fraction of sp³-hybridized carbons (Fsp3) is 0.429. The number of benzene rings is 3. The van der Waals surface area contributed by atoms with Crippen LogP contribution in [0.25, 0.3) is 17.2 Å². The van der Waals surface area contributed by atoms with Crippen LogP contribution in [-0.2, 0) is 37.7 Å². The molecule has 0 spiro atoms. The van der Waals surface area contributed by atoms with Gasteiger partial charge in [0, 0.05) is 55.7 Å². The van der Waals surface area contributed by atoms with E-state index >= 15 is 0 Å². The van der Waals surface area contributed by atoms with Crippen molar-refractivity contribution in [1.82, 2.24) is 9.55 Å². The van der Waals surface area contributed by atoms with Crippen molar-refractivity contribution in [3.8, 4) is 16.9 Å². The molecular formula is C42H52N4O5S. The number of amides is 1. The molecule has 0 aliphatic carbocycles. The molecule has 1 unspecified atom stereocenters. The molecule has 1 N–H and O–H groups in total. The van der Waals surface area contributed by atoms with Gasteiger partial charge in [-0.3, -0.25) is 4.79 Å². The zero-order chi connectivity index (χ0) is 36.3. The summed E-state index contributed by atoms with van der Waals surface area (Å²) in [7, 11) is 0. The average Bonchev–Trinajstić information content (AvgIpc) is 3.80. The summed E-state index contributed by atoms with van der Waals surface area (Å²) in [5, 5.41) is 3.11. The second kappa shape index (κ2) is 18.6. The quantitative estimate of drug-likeness (QED) is 0.0923. The van der Waals surface area contributed by atoms with E-state index in [1.807, 2.05) is 47.9 Å². The number of aryl methyl sites for hydroxylation is 2. The standard InChI is InChI=1S/C42H52N4O5S/c1-4-6-21-49-23-24-51-38-14-9-33(10-15-38)34-11-18-40-36(25-34)26-35(8-7-20-46(40)27-32-19-22-50-28-32)42(47)44-37-12-16-39(17-13-37)52(48)29-41-31(3)43-30-45(41)5-2/h9-18,25-26,30,32H,4-8,19-24,27-29H2,1-3H3,(H,44,47)/b35-26+/t32-,52?/m0/s1. The summed E-state index contributed by atoms with van der Waals surface area (Å²) in [4.78, 5) is 21.4. The molecule has 0 radical (unpaired) electrons. The Morgan fingerprint density at radius 3 is 2.60 bits per heavy atom. The number of hydrogen-bond acceptors (Lipinski definition) is 7. The number of carbonyl (C=O) groups excluding carboxylic acids is 1. The number of imidazole rings is 1. The van der Waals surface area contributed by atoms with Crippen molar-refractivity contribution in [2.75, 3.05) is 56.3 Å². The van der Waals surface area contributed by atoms with Crippen molar-refractivity contribution in [2.45, 2.75) is 70.1 Å². The highest BCUT2D eigenvalue weighted by Gasteiger charge is 2.24. The molecule has 3 heterocycles. The van der Waals surface area contributed by atoms with Crippen molar-refractivity contribution >= 4 is 34.5 Å². The Morgan fingerprint density at radius 1 is 1.04 bits per heavy atom. The summed E-state index contributed by atoms with van der Waals surface area (Å²) in [5.74, 6) is 1.59. The van der Waals surface area contributed by atoms with Crippen LogP contribution < -0.4 is 15.0 Å². The van der Waals surface area contributed by atoms with Crippen LogP contribution in [0.2, 0.25) is 0 Å². The van der Waals surface area contributed by atoms with Gasteiger partial charge in [-0.15, -0.1) is 0 Å². The predicted octanol–water partition coefficient (Wildman–Crippen LogP) is 8.04. The molecule has 9 nitrogen and oxygen atoms in total. The molecule has 1 amide bonds. The Kier molecular flexibility index (Phi) is 13.5. The van der Waals surface area contributed by atoms with Crippen LogP contribution in [-0.4, -0.2) is 66.1 Å². The molecule has 2 aliphatic rings. The molecule has 1 fully saturated rings. The number of hydrogen-bond donors (Lipinski definition) is 1. The number of nitrogens with one attached hydrogen (secondary N) is 1. The van der Waals surface area contributed by atoms with E-state index in [0.29, 0.717) is 37.0 Å². The van der Waals surface area contributed by atoms with Crippen LogP contribution in [0.1, 0.15) is 62.9 Å². The van der Waals surface area contributed by atoms with E-state index in [1.165, 1.54) is 0 Å². The second-order valence-corrected chi connectivity index (χ2v) is 15.0. The minimum Gasteiger partial charge on any atom is -0.611 e. The largest absolute Gasteiger partial charge is 0.611 e. The van der Waals surface area contributed by atoms with Crippen LogP contribution in [0, 0.1) is 12.8 Å². The van der Waals surface area contributed by atoms with Gasteiger partial charge < -0.3 is 33.5 Å². The molecule has 0 bridgehead atoms. The van der Waals surface area contributed by atoms with Gasteiger partial charge in [0.15, 0.2) is 10.6 Å². The van der Waals surface area contributed by atoms with Crippen molar-refractivity contribution in [3.05, 3.63) is 95.6 Å². The Hall–Kier alpha value is -4.09. The third kappa shape index (κ3) is 9.86. The predicted molar refractivity (Wildman–Crippen MR) is 209 cm³/mol. The number of ether oxygens (including phenoxy) is 3. The lowest BCUT2D eigenvalue weighted by Gasteiger charge is -2.31. The minimum atomic E-state index is -1.23. The molecule has 1 aromatic heterocycles.